The molecule has 3 N–H and O–H groups in total. The molecule has 0 saturated carbocycles. The Bertz CT molecular complexity index is 412. The molecule has 3 nitrogen and oxygen atoms in total. The summed E-state index contributed by atoms with van der Waals surface area (Å²) in [5, 5.41) is 2.94. The topological polar surface area (TPSA) is 55.1 Å². The van der Waals surface area contributed by atoms with E-state index < -0.39 is 6.04 Å². The lowest BCUT2D eigenvalue weighted by Gasteiger charge is -2.19. The Morgan fingerprint density at radius 3 is 2.53 bits per heavy atom. The number of rotatable bonds is 5. The van der Waals surface area contributed by atoms with Crippen molar-refractivity contribution in [2.24, 2.45) is 11.7 Å². The number of nitrogens with two attached hydrogens (primary N) is 1. The molecule has 0 aliphatic heterocycles. The van der Waals surface area contributed by atoms with Gasteiger partial charge in [-0.3, -0.25) is 4.79 Å². The number of hydrogen-bond donors (Lipinski definition) is 2. The summed E-state index contributed by atoms with van der Waals surface area (Å²) in [6.45, 7) is 6.08. The highest BCUT2D eigenvalue weighted by Crippen LogP contribution is 2.18. The number of carbonyl (C=O) groups excluding carboxylic acids is 1. The molecule has 0 spiro atoms. The first kappa shape index (κ1) is 18.4. The van der Waals surface area contributed by atoms with Crippen LogP contribution in [0.1, 0.15) is 38.8 Å². The quantitative estimate of drug-likeness (QED) is 0.855. The lowest BCUT2D eigenvalue weighted by molar-refractivity contribution is -0.123. The van der Waals surface area contributed by atoms with Crippen LogP contribution in [-0.2, 0) is 4.79 Å². The van der Waals surface area contributed by atoms with E-state index in [1.807, 2.05) is 31.2 Å². The number of benzene rings is 1. The van der Waals surface area contributed by atoms with Crippen molar-refractivity contribution in [1.82, 2.24) is 5.32 Å². The van der Waals surface area contributed by atoms with Gasteiger partial charge in [-0.05, 0) is 37.0 Å². The Balaban J connectivity index is 0.00000324. The summed E-state index contributed by atoms with van der Waals surface area (Å²) in [5.74, 6) is 0.336. The highest BCUT2D eigenvalue weighted by molar-refractivity contribution is 9.10. The largest absolute Gasteiger partial charge is 0.348 e. The molecule has 1 rings (SSSR count). The predicted molar refractivity (Wildman–Crippen MR) is 85.4 cm³/mol. The molecule has 1 aromatic rings. The predicted octanol–water partition coefficient (Wildman–Crippen LogP) is 3.42. The molecule has 0 aliphatic rings. The first-order valence-electron chi connectivity index (χ1n) is 6.21. The van der Waals surface area contributed by atoms with E-state index in [0.717, 1.165) is 10.0 Å². The molecule has 0 fully saturated rings. The van der Waals surface area contributed by atoms with Crippen molar-refractivity contribution in [3.05, 3.63) is 34.3 Å². The van der Waals surface area contributed by atoms with Crippen LogP contribution in [0.2, 0.25) is 0 Å². The molecule has 1 amide bonds. The van der Waals surface area contributed by atoms with Crippen LogP contribution >= 0.6 is 28.3 Å². The Morgan fingerprint density at radius 1 is 1.37 bits per heavy atom. The molecule has 108 valence electrons. The van der Waals surface area contributed by atoms with Crippen LogP contribution in [0.25, 0.3) is 0 Å². The van der Waals surface area contributed by atoms with E-state index in [2.05, 4.69) is 35.1 Å². The van der Waals surface area contributed by atoms with E-state index in [9.17, 15) is 4.79 Å². The maximum Gasteiger partial charge on any atom is 0.237 e. The molecule has 0 radical (unpaired) electrons. The second-order valence-electron chi connectivity index (χ2n) is 5.02. The maximum absolute atomic E-state index is 11.9. The van der Waals surface area contributed by atoms with E-state index in [1.165, 1.54) is 0 Å². The van der Waals surface area contributed by atoms with Crippen molar-refractivity contribution in [2.45, 2.75) is 39.3 Å². The molecule has 0 bridgehead atoms. The molecule has 0 aromatic heterocycles. The van der Waals surface area contributed by atoms with E-state index in [4.69, 9.17) is 5.73 Å². The summed E-state index contributed by atoms with van der Waals surface area (Å²) in [6, 6.07) is 7.44. The van der Waals surface area contributed by atoms with Crippen molar-refractivity contribution in [3.63, 3.8) is 0 Å². The monoisotopic (exact) mass is 348 g/mol. The third-order valence-corrected chi connectivity index (χ3v) is 3.26. The molecule has 0 aliphatic carbocycles. The Kier molecular flexibility index (Phi) is 8.30. The zero-order valence-corrected chi connectivity index (χ0v) is 13.9. The van der Waals surface area contributed by atoms with Crippen LogP contribution in [-0.4, -0.2) is 11.9 Å². The second-order valence-corrected chi connectivity index (χ2v) is 5.94. The van der Waals surface area contributed by atoms with Gasteiger partial charge in [0.1, 0.15) is 0 Å². The van der Waals surface area contributed by atoms with E-state index >= 15 is 0 Å². The van der Waals surface area contributed by atoms with E-state index in [1.54, 1.807) is 0 Å². The van der Waals surface area contributed by atoms with Crippen LogP contribution < -0.4 is 11.1 Å². The van der Waals surface area contributed by atoms with Gasteiger partial charge in [-0.2, -0.15) is 0 Å². The van der Waals surface area contributed by atoms with Crippen LogP contribution in [0.15, 0.2) is 28.7 Å². The summed E-state index contributed by atoms with van der Waals surface area (Å²) in [7, 11) is 0. The average Bonchev–Trinajstić information content (AvgIpc) is 2.27. The Labute approximate surface area is 129 Å². The Hall–Kier alpha value is -0.580. The first-order chi connectivity index (χ1) is 8.40. The smallest absolute Gasteiger partial charge is 0.237 e. The van der Waals surface area contributed by atoms with Gasteiger partial charge >= 0.3 is 0 Å². The highest BCUT2D eigenvalue weighted by Gasteiger charge is 2.17. The molecule has 2 atom stereocenters. The third kappa shape index (κ3) is 6.41. The molecule has 0 saturated heterocycles. The molecule has 1 unspecified atom stereocenters. The Morgan fingerprint density at radius 2 is 2.00 bits per heavy atom. The first-order valence-corrected chi connectivity index (χ1v) is 7.01. The van der Waals surface area contributed by atoms with Crippen molar-refractivity contribution in [1.29, 1.82) is 0 Å². The summed E-state index contributed by atoms with van der Waals surface area (Å²) in [5.41, 5.74) is 6.92. The van der Waals surface area contributed by atoms with Crippen molar-refractivity contribution in [2.75, 3.05) is 0 Å². The summed E-state index contributed by atoms with van der Waals surface area (Å²) in [4.78, 5) is 11.9. The molecule has 1 aromatic carbocycles. The van der Waals surface area contributed by atoms with Crippen LogP contribution in [0.4, 0.5) is 0 Å². The molecule has 5 heteroatoms. The fourth-order valence-corrected chi connectivity index (χ4v) is 2.21. The van der Waals surface area contributed by atoms with Gasteiger partial charge in [0.15, 0.2) is 0 Å². The number of halogens is 2. The van der Waals surface area contributed by atoms with Crippen LogP contribution in [0.5, 0.6) is 0 Å². The van der Waals surface area contributed by atoms with Crippen LogP contribution in [0, 0.1) is 5.92 Å². The fourth-order valence-electron chi connectivity index (χ4n) is 1.79. The van der Waals surface area contributed by atoms with Gasteiger partial charge in [0.25, 0.3) is 0 Å². The molecule has 0 heterocycles. The number of carbonyl (C=O) groups is 1. The minimum atomic E-state index is -0.431. The van der Waals surface area contributed by atoms with Gasteiger partial charge in [0.05, 0.1) is 12.1 Å². The van der Waals surface area contributed by atoms with Gasteiger partial charge in [-0.1, -0.05) is 41.9 Å². The lowest BCUT2D eigenvalue weighted by Crippen LogP contribution is -2.42. The molecular formula is C14H22BrClN2O. The summed E-state index contributed by atoms with van der Waals surface area (Å²) in [6.07, 6.45) is 0.705. The summed E-state index contributed by atoms with van der Waals surface area (Å²) < 4.78 is 1.01. The van der Waals surface area contributed by atoms with Gasteiger partial charge in [-0.25, -0.2) is 0 Å². The maximum atomic E-state index is 11.9. The average molecular weight is 350 g/mol. The van der Waals surface area contributed by atoms with Crippen molar-refractivity contribution >= 4 is 34.2 Å². The van der Waals surface area contributed by atoms with Crippen molar-refractivity contribution < 1.29 is 4.79 Å². The van der Waals surface area contributed by atoms with Crippen LogP contribution in [0.3, 0.4) is 0 Å². The minimum Gasteiger partial charge on any atom is -0.348 e. The number of nitrogens with one attached hydrogen (secondary N) is 1. The number of hydrogen-bond acceptors (Lipinski definition) is 2. The van der Waals surface area contributed by atoms with E-state index in [0.29, 0.717) is 12.3 Å². The zero-order chi connectivity index (χ0) is 13.7. The molecular weight excluding hydrogens is 328 g/mol. The minimum absolute atomic E-state index is 0. The van der Waals surface area contributed by atoms with Gasteiger partial charge in [-0.15, -0.1) is 12.4 Å². The molecule has 19 heavy (non-hydrogen) atoms. The SMILES string of the molecule is CC(C)C[C@H](N)C(=O)NC(C)c1cccc(Br)c1.Cl. The van der Waals surface area contributed by atoms with Gasteiger partial charge in [0.2, 0.25) is 5.91 Å². The van der Waals surface area contributed by atoms with Gasteiger partial charge < -0.3 is 11.1 Å². The summed E-state index contributed by atoms with van der Waals surface area (Å²) >= 11 is 3.42. The normalized spacial score (nSPS) is 13.6. The number of amides is 1. The van der Waals surface area contributed by atoms with Gasteiger partial charge in [0, 0.05) is 4.47 Å². The standard InChI is InChI=1S/C14H21BrN2O.ClH/c1-9(2)7-13(16)14(18)17-10(3)11-5-4-6-12(15)8-11;/h4-6,8-10,13H,7,16H2,1-3H3,(H,17,18);1H/t10?,13-;/m0./s1. The van der Waals surface area contributed by atoms with Crippen molar-refractivity contribution in [3.8, 4) is 0 Å². The zero-order valence-electron chi connectivity index (χ0n) is 11.5. The fraction of sp³-hybridized carbons (Fsp3) is 0.500. The van der Waals surface area contributed by atoms with E-state index in [-0.39, 0.29) is 24.4 Å². The highest BCUT2D eigenvalue weighted by atomic mass is 79.9. The second kappa shape index (κ2) is 8.56. The third-order valence-electron chi connectivity index (χ3n) is 2.77. The lowest BCUT2D eigenvalue weighted by atomic mass is 10.0.